The van der Waals surface area contributed by atoms with Crippen molar-refractivity contribution in [2.24, 2.45) is 5.92 Å². The first kappa shape index (κ1) is 15.7. The summed E-state index contributed by atoms with van der Waals surface area (Å²) in [6, 6.07) is 8.28. The molecule has 0 aliphatic rings. The molecule has 0 saturated heterocycles. The van der Waals surface area contributed by atoms with Gasteiger partial charge in [0.25, 0.3) is 0 Å². The van der Waals surface area contributed by atoms with Crippen molar-refractivity contribution in [3.05, 3.63) is 34.3 Å². The van der Waals surface area contributed by atoms with E-state index in [1.54, 1.807) is 0 Å². The SMILES string of the molecule is CCC(CNCC(C)C)OCc1cccc(Br)c1. The highest BCUT2D eigenvalue weighted by atomic mass is 79.9. The van der Waals surface area contributed by atoms with Crippen LogP contribution in [0.25, 0.3) is 0 Å². The Balaban J connectivity index is 2.30. The number of ether oxygens (including phenoxy) is 1. The molecule has 0 amide bonds. The van der Waals surface area contributed by atoms with Gasteiger partial charge >= 0.3 is 0 Å². The molecule has 0 aromatic heterocycles. The summed E-state index contributed by atoms with van der Waals surface area (Å²) in [6.07, 6.45) is 1.33. The van der Waals surface area contributed by atoms with Crippen molar-refractivity contribution in [1.82, 2.24) is 5.32 Å². The van der Waals surface area contributed by atoms with Crippen LogP contribution in [0.1, 0.15) is 32.8 Å². The fourth-order valence-electron chi connectivity index (χ4n) is 1.69. The molecule has 1 unspecified atom stereocenters. The van der Waals surface area contributed by atoms with Gasteiger partial charge in [-0.3, -0.25) is 0 Å². The van der Waals surface area contributed by atoms with Gasteiger partial charge in [-0.15, -0.1) is 0 Å². The maximum atomic E-state index is 5.93. The van der Waals surface area contributed by atoms with Gasteiger partial charge in [-0.1, -0.05) is 48.8 Å². The summed E-state index contributed by atoms with van der Waals surface area (Å²) in [6.45, 7) is 9.27. The lowest BCUT2D eigenvalue weighted by Crippen LogP contribution is -2.31. The number of rotatable bonds is 8. The van der Waals surface area contributed by atoms with E-state index in [4.69, 9.17) is 4.74 Å². The zero-order chi connectivity index (χ0) is 13.4. The number of hydrogen-bond donors (Lipinski definition) is 1. The summed E-state index contributed by atoms with van der Waals surface area (Å²) in [4.78, 5) is 0. The molecule has 0 bridgehead atoms. The number of halogens is 1. The van der Waals surface area contributed by atoms with Crippen molar-refractivity contribution in [1.29, 1.82) is 0 Å². The van der Waals surface area contributed by atoms with Crippen LogP contribution >= 0.6 is 15.9 Å². The van der Waals surface area contributed by atoms with Gasteiger partial charge in [0.2, 0.25) is 0 Å². The van der Waals surface area contributed by atoms with Crippen LogP contribution in [-0.2, 0) is 11.3 Å². The monoisotopic (exact) mass is 313 g/mol. The molecule has 0 saturated carbocycles. The van der Waals surface area contributed by atoms with Gasteiger partial charge in [0.05, 0.1) is 12.7 Å². The molecular formula is C15H24BrNO. The van der Waals surface area contributed by atoms with Gasteiger partial charge in [0.1, 0.15) is 0 Å². The topological polar surface area (TPSA) is 21.3 Å². The average Bonchev–Trinajstić information content (AvgIpc) is 2.33. The molecule has 0 heterocycles. The van der Waals surface area contributed by atoms with E-state index >= 15 is 0 Å². The third kappa shape index (κ3) is 6.53. The molecule has 1 rings (SSSR count). The predicted octanol–water partition coefficient (Wildman–Crippen LogP) is 3.99. The van der Waals surface area contributed by atoms with Gasteiger partial charge in [0, 0.05) is 11.0 Å². The van der Waals surface area contributed by atoms with Crippen LogP contribution in [0.2, 0.25) is 0 Å². The highest BCUT2D eigenvalue weighted by Gasteiger charge is 2.07. The molecule has 0 radical (unpaired) electrons. The Hall–Kier alpha value is -0.380. The summed E-state index contributed by atoms with van der Waals surface area (Å²) in [5, 5.41) is 3.45. The number of benzene rings is 1. The van der Waals surface area contributed by atoms with Crippen LogP contribution in [0.15, 0.2) is 28.7 Å². The van der Waals surface area contributed by atoms with E-state index in [0.717, 1.165) is 24.0 Å². The predicted molar refractivity (Wildman–Crippen MR) is 80.7 cm³/mol. The van der Waals surface area contributed by atoms with Crippen molar-refractivity contribution < 1.29 is 4.74 Å². The first-order valence-corrected chi connectivity index (χ1v) is 7.47. The molecule has 2 nitrogen and oxygen atoms in total. The van der Waals surface area contributed by atoms with E-state index in [2.05, 4.69) is 54.2 Å². The molecule has 0 fully saturated rings. The second-order valence-corrected chi connectivity index (χ2v) is 5.94. The zero-order valence-electron chi connectivity index (χ0n) is 11.6. The van der Waals surface area contributed by atoms with Crippen LogP contribution in [0.3, 0.4) is 0 Å². The smallest absolute Gasteiger partial charge is 0.0721 e. The van der Waals surface area contributed by atoms with E-state index in [1.165, 1.54) is 5.56 Å². The number of hydrogen-bond acceptors (Lipinski definition) is 2. The van der Waals surface area contributed by atoms with Gasteiger partial charge in [-0.2, -0.15) is 0 Å². The number of nitrogens with one attached hydrogen (secondary N) is 1. The van der Waals surface area contributed by atoms with E-state index in [-0.39, 0.29) is 0 Å². The third-order valence-corrected chi connectivity index (χ3v) is 3.25. The molecule has 0 aliphatic carbocycles. The maximum absolute atomic E-state index is 5.93. The van der Waals surface area contributed by atoms with Crippen LogP contribution in [0, 0.1) is 5.92 Å². The summed E-state index contributed by atoms with van der Waals surface area (Å²) >= 11 is 3.48. The molecule has 0 spiro atoms. The van der Waals surface area contributed by atoms with Crippen molar-refractivity contribution in [2.75, 3.05) is 13.1 Å². The normalized spacial score (nSPS) is 12.9. The van der Waals surface area contributed by atoms with E-state index < -0.39 is 0 Å². The quantitative estimate of drug-likeness (QED) is 0.783. The first-order chi connectivity index (χ1) is 8.61. The minimum atomic E-state index is 0.294. The lowest BCUT2D eigenvalue weighted by Gasteiger charge is -2.18. The molecular weight excluding hydrogens is 290 g/mol. The van der Waals surface area contributed by atoms with E-state index in [0.29, 0.717) is 18.6 Å². The highest BCUT2D eigenvalue weighted by molar-refractivity contribution is 9.10. The summed E-state index contributed by atoms with van der Waals surface area (Å²) in [5.41, 5.74) is 1.21. The fraction of sp³-hybridized carbons (Fsp3) is 0.600. The standard InChI is InChI=1S/C15H24BrNO/c1-4-15(10-17-9-12(2)3)18-11-13-6-5-7-14(16)8-13/h5-8,12,15,17H,4,9-11H2,1-3H3. The van der Waals surface area contributed by atoms with Crippen molar-refractivity contribution in [3.63, 3.8) is 0 Å². The van der Waals surface area contributed by atoms with Crippen LogP contribution < -0.4 is 5.32 Å². The minimum absolute atomic E-state index is 0.294. The Morgan fingerprint density at radius 1 is 1.28 bits per heavy atom. The summed E-state index contributed by atoms with van der Waals surface area (Å²) < 4.78 is 7.04. The Morgan fingerprint density at radius 3 is 2.67 bits per heavy atom. The molecule has 1 N–H and O–H groups in total. The maximum Gasteiger partial charge on any atom is 0.0721 e. The molecule has 18 heavy (non-hydrogen) atoms. The second-order valence-electron chi connectivity index (χ2n) is 5.02. The van der Waals surface area contributed by atoms with Crippen molar-refractivity contribution in [3.8, 4) is 0 Å². The Morgan fingerprint density at radius 2 is 2.06 bits per heavy atom. The van der Waals surface area contributed by atoms with Crippen LogP contribution in [-0.4, -0.2) is 19.2 Å². The average molecular weight is 314 g/mol. The minimum Gasteiger partial charge on any atom is -0.372 e. The molecule has 1 aromatic carbocycles. The fourth-order valence-corrected chi connectivity index (χ4v) is 2.14. The third-order valence-electron chi connectivity index (χ3n) is 2.75. The van der Waals surface area contributed by atoms with Gasteiger partial charge < -0.3 is 10.1 Å². The lowest BCUT2D eigenvalue weighted by atomic mass is 10.2. The molecule has 1 aromatic rings. The van der Waals surface area contributed by atoms with Gasteiger partial charge in [0.15, 0.2) is 0 Å². The molecule has 3 heteroatoms. The Bertz CT molecular complexity index is 341. The molecule has 1 atom stereocenters. The van der Waals surface area contributed by atoms with Crippen LogP contribution in [0.5, 0.6) is 0 Å². The van der Waals surface area contributed by atoms with Gasteiger partial charge in [-0.05, 0) is 36.6 Å². The zero-order valence-corrected chi connectivity index (χ0v) is 13.2. The Kier molecular flexibility index (Phi) is 7.56. The van der Waals surface area contributed by atoms with E-state index in [9.17, 15) is 0 Å². The first-order valence-electron chi connectivity index (χ1n) is 6.68. The highest BCUT2D eigenvalue weighted by Crippen LogP contribution is 2.13. The van der Waals surface area contributed by atoms with Gasteiger partial charge in [-0.25, -0.2) is 0 Å². The van der Waals surface area contributed by atoms with Crippen molar-refractivity contribution >= 4 is 15.9 Å². The lowest BCUT2D eigenvalue weighted by molar-refractivity contribution is 0.0381. The molecule has 0 aliphatic heterocycles. The van der Waals surface area contributed by atoms with Crippen molar-refractivity contribution in [2.45, 2.75) is 39.9 Å². The van der Waals surface area contributed by atoms with Crippen LogP contribution in [0.4, 0.5) is 0 Å². The Labute approximate surface area is 119 Å². The largest absolute Gasteiger partial charge is 0.372 e. The summed E-state index contributed by atoms with van der Waals surface area (Å²) in [7, 11) is 0. The molecule has 102 valence electrons. The summed E-state index contributed by atoms with van der Waals surface area (Å²) in [5.74, 6) is 0.688. The van der Waals surface area contributed by atoms with E-state index in [1.807, 2.05) is 12.1 Å². The second kappa shape index (κ2) is 8.68.